The lowest BCUT2D eigenvalue weighted by atomic mass is 10.2. The summed E-state index contributed by atoms with van der Waals surface area (Å²) in [6.45, 7) is 0. The number of amides is 1. The number of nitrogens with two attached hydrogens (primary N) is 1. The van der Waals surface area contributed by atoms with Gasteiger partial charge in [-0.05, 0) is 30.3 Å². The Morgan fingerprint density at radius 1 is 1.19 bits per heavy atom. The number of anilines is 1. The van der Waals surface area contributed by atoms with Crippen LogP contribution in [0.5, 0.6) is 0 Å². The van der Waals surface area contributed by atoms with Crippen LogP contribution < -0.4 is 10.5 Å². The SMILES string of the molecule is NS(=O)(=O)c1ccc(Cl)c(NC(=O)c2ccccc2F)c1. The number of primary sulfonamides is 1. The predicted octanol–water partition coefficient (Wildman–Crippen LogP) is 2.38. The molecule has 8 heteroatoms. The normalized spacial score (nSPS) is 11.2. The van der Waals surface area contributed by atoms with Gasteiger partial charge >= 0.3 is 0 Å². The molecular formula is C13H10ClFN2O3S. The fourth-order valence-electron chi connectivity index (χ4n) is 1.61. The molecule has 0 spiro atoms. The average molecular weight is 329 g/mol. The minimum absolute atomic E-state index is 0.0245. The van der Waals surface area contributed by atoms with E-state index in [9.17, 15) is 17.6 Å². The number of nitrogens with one attached hydrogen (secondary N) is 1. The highest BCUT2D eigenvalue weighted by Crippen LogP contribution is 2.25. The second kappa shape index (κ2) is 5.80. The van der Waals surface area contributed by atoms with Gasteiger partial charge in [0.2, 0.25) is 10.0 Å². The Morgan fingerprint density at radius 2 is 1.86 bits per heavy atom. The van der Waals surface area contributed by atoms with E-state index in [1.807, 2.05) is 0 Å². The van der Waals surface area contributed by atoms with Crippen LogP contribution in [0.1, 0.15) is 10.4 Å². The number of hydrogen-bond acceptors (Lipinski definition) is 3. The Bertz CT molecular complexity index is 809. The van der Waals surface area contributed by atoms with Crippen molar-refractivity contribution >= 4 is 33.2 Å². The summed E-state index contributed by atoms with van der Waals surface area (Å²) >= 11 is 5.87. The van der Waals surface area contributed by atoms with Crippen LogP contribution in [0.4, 0.5) is 10.1 Å². The van der Waals surface area contributed by atoms with Crippen LogP contribution in [0, 0.1) is 5.82 Å². The lowest BCUT2D eigenvalue weighted by molar-refractivity contribution is 0.102. The van der Waals surface area contributed by atoms with Crippen LogP contribution in [-0.2, 0) is 10.0 Å². The molecule has 0 radical (unpaired) electrons. The number of rotatable bonds is 3. The first kappa shape index (κ1) is 15.4. The van der Waals surface area contributed by atoms with Crippen LogP contribution in [0.25, 0.3) is 0 Å². The third-order valence-electron chi connectivity index (χ3n) is 2.63. The molecule has 21 heavy (non-hydrogen) atoms. The number of carbonyl (C=O) groups is 1. The van der Waals surface area contributed by atoms with E-state index in [4.69, 9.17) is 16.7 Å². The van der Waals surface area contributed by atoms with E-state index in [0.717, 1.165) is 12.1 Å². The Labute approximate surface area is 125 Å². The largest absolute Gasteiger partial charge is 0.321 e. The van der Waals surface area contributed by atoms with Gasteiger partial charge in [0.1, 0.15) is 5.82 Å². The van der Waals surface area contributed by atoms with Crippen LogP contribution in [-0.4, -0.2) is 14.3 Å². The van der Waals surface area contributed by atoms with Gasteiger partial charge in [0, 0.05) is 0 Å². The van der Waals surface area contributed by atoms with Crippen LogP contribution in [0.2, 0.25) is 5.02 Å². The summed E-state index contributed by atoms with van der Waals surface area (Å²) in [5, 5.41) is 7.45. The number of hydrogen-bond donors (Lipinski definition) is 2. The van der Waals surface area contributed by atoms with Gasteiger partial charge in [0.15, 0.2) is 0 Å². The molecule has 0 heterocycles. The van der Waals surface area contributed by atoms with Crippen molar-refractivity contribution < 1.29 is 17.6 Å². The van der Waals surface area contributed by atoms with Crippen molar-refractivity contribution in [3.05, 3.63) is 58.9 Å². The first-order valence-electron chi connectivity index (χ1n) is 5.67. The first-order chi connectivity index (χ1) is 9.79. The Hall–Kier alpha value is -1.96. The minimum Gasteiger partial charge on any atom is -0.321 e. The summed E-state index contributed by atoms with van der Waals surface area (Å²) in [7, 11) is -3.93. The molecule has 110 valence electrons. The van der Waals surface area contributed by atoms with Crippen molar-refractivity contribution in [1.29, 1.82) is 0 Å². The molecule has 0 unspecified atom stereocenters. The summed E-state index contributed by atoms with van der Waals surface area (Å²) in [4.78, 5) is 11.7. The summed E-state index contributed by atoms with van der Waals surface area (Å²) in [5.74, 6) is -1.45. The van der Waals surface area contributed by atoms with E-state index in [1.165, 1.54) is 30.3 Å². The zero-order valence-electron chi connectivity index (χ0n) is 10.5. The van der Waals surface area contributed by atoms with E-state index < -0.39 is 21.7 Å². The molecule has 0 aliphatic rings. The maximum absolute atomic E-state index is 13.5. The van der Waals surface area contributed by atoms with Crippen molar-refractivity contribution in [1.82, 2.24) is 0 Å². The van der Waals surface area contributed by atoms with Crippen LogP contribution in [0.15, 0.2) is 47.4 Å². The Kier molecular flexibility index (Phi) is 4.26. The maximum Gasteiger partial charge on any atom is 0.258 e. The van der Waals surface area contributed by atoms with Crippen LogP contribution in [0.3, 0.4) is 0 Å². The predicted molar refractivity (Wildman–Crippen MR) is 77.2 cm³/mol. The molecule has 3 N–H and O–H groups in total. The van der Waals surface area contributed by atoms with Gasteiger partial charge in [-0.2, -0.15) is 0 Å². The van der Waals surface area contributed by atoms with E-state index in [0.29, 0.717) is 0 Å². The molecule has 0 aliphatic heterocycles. The molecule has 0 bridgehead atoms. The highest BCUT2D eigenvalue weighted by molar-refractivity contribution is 7.89. The zero-order chi connectivity index (χ0) is 15.6. The maximum atomic E-state index is 13.5. The van der Waals surface area contributed by atoms with Crippen molar-refractivity contribution in [2.45, 2.75) is 4.90 Å². The van der Waals surface area contributed by atoms with E-state index in [2.05, 4.69) is 5.32 Å². The van der Waals surface area contributed by atoms with Crippen molar-refractivity contribution in [2.75, 3.05) is 5.32 Å². The van der Waals surface area contributed by atoms with Gasteiger partial charge in [0.05, 0.1) is 21.2 Å². The third kappa shape index (κ3) is 3.57. The highest BCUT2D eigenvalue weighted by Gasteiger charge is 2.15. The van der Waals surface area contributed by atoms with Crippen molar-refractivity contribution in [3.63, 3.8) is 0 Å². The molecule has 5 nitrogen and oxygen atoms in total. The first-order valence-corrected chi connectivity index (χ1v) is 7.59. The Morgan fingerprint density at radius 3 is 2.48 bits per heavy atom. The molecule has 2 aromatic carbocycles. The second-order valence-electron chi connectivity index (χ2n) is 4.12. The van der Waals surface area contributed by atoms with Gasteiger partial charge in [-0.15, -0.1) is 0 Å². The standard InChI is InChI=1S/C13H10ClFN2O3S/c14-10-6-5-8(21(16,19)20)7-12(10)17-13(18)9-3-1-2-4-11(9)15/h1-7H,(H,17,18)(H2,16,19,20). The molecule has 0 aromatic heterocycles. The highest BCUT2D eigenvalue weighted by atomic mass is 35.5. The average Bonchev–Trinajstić information content (AvgIpc) is 2.40. The zero-order valence-corrected chi connectivity index (χ0v) is 12.1. The monoisotopic (exact) mass is 328 g/mol. The van der Waals surface area contributed by atoms with E-state index in [1.54, 1.807) is 0 Å². The lowest BCUT2D eigenvalue weighted by Crippen LogP contribution is -2.16. The fraction of sp³-hybridized carbons (Fsp3) is 0. The fourth-order valence-corrected chi connectivity index (χ4v) is 2.32. The molecular weight excluding hydrogens is 319 g/mol. The van der Waals surface area contributed by atoms with Gasteiger partial charge in [-0.3, -0.25) is 4.79 Å². The number of sulfonamides is 1. The van der Waals surface area contributed by atoms with E-state index >= 15 is 0 Å². The molecule has 2 rings (SSSR count). The number of carbonyl (C=O) groups excluding carboxylic acids is 1. The van der Waals surface area contributed by atoms with Crippen molar-refractivity contribution in [3.8, 4) is 0 Å². The van der Waals surface area contributed by atoms with Crippen LogP contribution >= 0.6 is 11.6 Å². The third-order valence-corrected chi connectivity index (χ3v) is 3.87. The lowest BCUT2D eigenvalue weighted by Gasteiger charge is -2.09. The Balaban J connectivity index is 2.36. The van der Waals surface area contributed by atoms with Gasteiger partial charge in [-0.25, -0.2) is 17.9 Å². The summed E-state index contributed by atoms with van der Waals surface area (Å²) in [6, 6.07) is 8.96. The summed E-state index contributed by atoms with van der Waals surface area (Å²) in [6.07, 6.45) is 0. The summed E-state index contributed by atoms with van der Waals surface area (Å²) in [5.41, 5.74) is -0.161. The van der Waals surface area contributed by atoms with Gasteiger partial charge in [-0.1, -0.05) is 23.7 Å². The summed E-state index contributed by atoms with van der Waals surface area (Å²) < 4.78 is 36.0. The molecule has 0 atom stereocenters. The molecule has 0 saturated carbocycles. The number of halogens is 2. The smallest absolute Gasteiger partial charge is 0.258 e. The van der Waals surface area contributed by atoms with E-state index in [-0.39, 0.29) is 21.2 Å². The molecule has 2 aromatic rings. The molecule has 0 aliphatic carbocycles. The topological polar surface area (TPSA) is 89.3 Å². The minimum atomic E-state index is -3.93. The molecule has 1 amide bonds. The molecule has 0 saturated heterocycles. The van der Waals surface area contributed by atoms with Crippen molar-refractivity contribution in [2.24, 2.45) is 5.14 Å². The van der Waals surface area contributed by atoms with Gasteiger partial charge in [0.25, 0.3) is 5.91 Å². The molecule has 0 fully saturated rings. The number of benzene rings is 2. The quantitative estimate of drug-likeness (QED) is 0.906. The van der Waals surface area contributed by atoms with Gasteiger partial charge < -0.3 is 5.32 Å². The second-order valence-corrected chi connectivity index (χ2v) is 6.09.